The second-order valence-corrected chi connectivity index (χ2v) is 3.98. The normalized spacial score (nSPS) is 11.2. The molecule has 0 aliphatic heterocycles. The Kier molecular flexibility index (Phi) is 3.31. The van der Waals surface area contributed by atoms with Crippen molar-refractivity contribution in [2.45, 2.75) is 27.3 Å². The second-order valence-electron chi connectivity index (χ2n) is 3.98. The molecule has 0 aliphatic carbocycles. The van der Waals surface area contributed by atoms with E-state index in [-0.39, 0.29) is 6.54 Å². The van der Waals surface area contributed by atoms with Gasteiger partial charge in [0.25, 0.3) is 0 Å². The molecule has 1 aromatic heterocycles. The maximum atomic E-state index is 11.5. The van der Waals surface area contributed by atoms with E-state index in [9.17, 15) is 9.59 Å². The Morgan fingerprint density at radius 1 is 1.56 bits per heavy atom. The molecular weight excluding hydrogens is 212 g/mol. The number of carbonyl (C=O) groups excluding carboxylic acids is 1. The lowest BCUT2D eigenvalue weighted by Crippen LogP contribution is -2.42. The van der Waals surface area contributed by atoms with Gasteiger partial charge in [-0.05, 0) is 20.8 Å². The van der Waals surface area contributed by atoms with E-state index in [1.165, 1.54) is 20.0 Å². The summed E-state index contributed by atoms with van der Waals surface area (Å²) in [5.41, 5.74) is -1.46. The van der Waals surface area contributed by atoms with Gasteiger partial charge in [-0.3, -0.25) is 9.59 Å². The monoisotopic (exact) mass is 226 g/mol. The summed E-state index contributed by atoms with van der Waals surface area (Å²) >= 11 is 0. The Hall–Kier alpha value is -1.85. The lowest BCUT2D eigenvalue weighted by Gasteiger charge is -2.17. The summed E-state index contributed by atoms with van der Waals surface area (Å²) in [6.45, 7) is 4.50. The number of aromatic nitrogens is 1. The van der Waals surface area contributed by atoms with Gasteiger partial charge in [-0.25, -0.2) is 4.98 Å². The predicted molar refractivity (Wildman–Crippen MR) is 54.5 cm³/mol. The highest BCUT2D eigenvalue weighted by atomic mass is 16.4. The molecule has 6 heteroatoms. The van der Waals surface area contributed by atoms with Crippen molar-refractivity contribution < 1.29 is 19.1 Å². The van der Waals surface area contributed by atoms with Crippen molar-refractivity contribution in [2.75, 3.05) is 0 Å². The van der Waals surface area contributed by atoms with Crippen LogP contribution in [0, 0.1) is 12.3 Å². The first-order valence-electron chi connectivity index (χ1n) is 4.77. The van der Waals surface area contributed by atoms with Crippen LogP contribution in [0.25, 0.3) is 0 Å². The smallest absolute Gasteiger partial charge is 0.318 e. The van der Waals surface area contributed by atoms with Crippen LogP contribution in [0.4, 0.5) is 0 Å². The highest BCUT2D eigenvalue weighted by molar-refractivity contribution is 6.00. The molecule has 0 aromatic carbocycles. The van der Waals surface area contributed by atoms with Crippen molar-refractivity contribution in [3.8, 4) is 0 Å². The number of amides is 1. The molecule has 0 fully saturated rings. The van der Waals surface area contributed by atoms with Gasteiger partial charge in [0.15, 0.2) is 0 Å². The minimum Gasteiger partial charge on any atom is -0.480 e. The first-order chi connectivity index (χ1) is 7.34. The molecule has 1 aromatic rings. The van der Waals surface area contributed by atoms with E-state index in [0.717, 1.165) is 0 Å². The van der Waals surface area contributed by atoms with Crippen molar-refractivity contribution in [3.63, 3.8) is 0 Å². The molecule has 0 radical (unpaired) electrons. The molecule has 1 amide bonds. The van der Waals surface area contributed by atoms with E-state index in [2.05, 4.69) is 10.3 Å². The molecule has 0 aliphatic rings. The second kappa shape index (κ2) is 4.34. The zero-order chi connectivity index (χ0) is 12.3. The molecule has 0 atom stereocenters. The van der Waals surface area contributed by atoms with Gasteiger partial charge in [0.05, 0.1) is 12.7 Å². The summed E-state index contributed by atoms with van der Waals surface area (Å²) in [4.78, 5) is 26.2. The topological polar surface area (TPSA) is 92.4 Å². The van der Waals surface area contributed by atoms with Crippen LogP contribution < -0.4 is 5.32 Å². The van der Waals surface area contributed by atoms with Crippen LogP contribution in [0.1, 0.15) is 25.5 Å². The largest absolute Gasteiger partial charge is 0.480 e. The van der Waals surface area contributed by atoms with Crippen LogP contribution in [0.3, 0.4) is 0 Å². The van der Waals surface area contributed by atoms with Crippen molar-refractivity contribution in [2.24, 2.45) is 5.41 Å². The van der Waals surface area contributed by atoms with Crippen molar-refractivity contribution >= 4 is 11.9 Å². The summed E-state index contributed by atoms with van der Waals surface area (Å²) in [7, 11) is 0. The average Bonchev–Trinajstić information content (AvgIpc) is 2.60. The minimum atomic E-state index is -1.46. The molecule has 0 spiro atoms. The number of rotatable bonds is 4. The molecular formula is C10H14N2O4. The van der Waals surface area contributed by atoms with Gasteiger partial charge in [0.2, 0.25) is 11.8 Å². The maximum Gasteiger partial charge on any atom is 0.318 e. The lowest BCUT2D eigenvalue weighted by molar-refractivity contribution is -0.153. The van der Waals surface area contributed by atoms with E-state index >= 15 is 0 Å². The summed E-state index contributed by atoms with van der Waals surface area (Å²) in [6.07, 6.45) is 1.53. The van der Waals surface area contributed by atoms with Crippen LogP contribution in [0.2, 0.25) is 0 Å². The third-order valence-corrected chi connectivity index (χ3v) is 2.17. The molecule has 0 unspecified atom stereocenters. The Balaban J connectivity index is 2.56. The number of nitrogens with zero attached hydrogens (tertiary/aromatic N) is 1. The standard InChI is InChI=1S/C10H14N2O4/c1-6-4-11-7(16-6)5-12-8(13)10(2,3)9(14)15/h4H,5H2,1-3H3,(H,12,13)(H,14,15). The van der Waals surface area contributed by atoms with Crippen molar-refractivity contribution in [1.29, 1.82) is 0 Å². The molecule has 16 heavy (non-hydrogen) atoms. The fourth-order valence-corrected chi connectivity index (χ4v) is 0.957. The van der Waals surface area contributed by atoms with Crippen LogP contribution >= 0.6 is 0 Å². The number of hydrogen-bond donors (Lipinski definition) is 2. The van der Waals surface area contributed by atoms with E-state index < -0.39 is 17.3 Å². The first kappa shape index (κ1) is 12.2. The molecule has 2 N–H and O–H groups in total. The van der Waals surface area contributed by atoms with Gasteiger partial charge in [-0.15, -0.1) is 0 Å². The van der Waals surface area contributed by atoms with Crippen LogP contribution in [0.15, 0.2) is 10.6 Å². The zero-order valence-electron chi connectivity index (χ0n) is 9.40. The number of carboxylic acid groups (broad SMARTS) is 1. The third kappa shape index (κ3) is 2.59. The molecule has 0 saturated heterocycles. The van der Waals surface area contributed by atoms with Gasteiger partial charge >= 0.3 is 5.97 Å². The highest BCUT2D eigenvalue weighted by Gasteiger charge is 2.35. The van der Waals surface area contributed by atoms with Gasteiger partial charge in [-0.2, -0.15) is 0 Å². The Morgan fingerprint density at radius 2 is 2.19 bits per heavy atom. The number of carboxylic acids is 1. The highest BCUT2D eigenvalue weighted by Crippen LogP contribution is 2.15. The van der Waals surface area contributed by atoms with Gasteiger partial charge in [0, 0.05) is 0 Å². The predicted octanol–water partition coefficient (Wildman–Crippen LogP) is 0.710. The fraction of sp³-hybridized carbons (Fsp3) is 0.500. The minimum absolute atomic E-state index is 0.0867. The first-order valence-corrected chi connectivity index (χ1v) is 4.77. The molecule has 1 heterocycles. The quantitative estimate of drug-likeness (QED) is 0.737. The van der Waals surface area contributed by atoms with Crippen LogP contribution in [-0.2, 0) is 16.1 Å². The number of nitrogens with one attached hydrogen (secondary N) is 1. The summed E-state index contributed by atoms with van der Waals surface area (Å²) < 4.78 is 5.13. The summed E-state index contributed by atoms with van der Waals surface area (Å²) in [6, 6.07) is 0. The number of hydrogen-bond acceptors (Lipinski definition) is 4. The molecule has 6 nitrogen and oxygen atoms in total. The van der Waals surface area contributed by atoms with Crippen molar-refractivity contribution in [3.05, 3.63) is 17.8 Å². The van der Waals surface area contributed by atoms with Gasteiger partial charge in [0.1, 0.15) is 11.2 Å². The summed E-state index contributed by atoms with van der Waals surface area (Å²) in [5.74, 6) is -0.752. The maximum absolute atomic E-state index is 11.5. The third-order valence-electron chi connectivity index (χ3n) is 2.17. The summed E-state index contributed by atoms with van der Waals surface area (Å²) in [5, 5.41) is 11.3. The number of carbonyl (C=O) groups is 2. The van der Waals surface area contributed by atoms with Crippen LogP contribution in [-0.4, -0.2) is 22.0 Å². The van der Waals surface area contributed by atoms with E-state index in [1.807, 2.05) is 0 Å². The van der Waals surface area contributed by atoms with Gasteiger partial charge in [-0.1, -0.05) is 0 Å². The fourth-order valence-electron chi connectivity index (χ4n) is 0.957. The van der Waals surface area contributed by atoms with E-state index in [1.54, 1.807) is 6.92 Å². The Bertz CT molecular complexity index is 409. The number of aliphatic carboxylic acids is 1. The lowest BCUT2D eigenvalue weighted by atomic mass is 9.93. The van der Waals surface area contributed by atoms with Gasteiger partial charge < -0.3 is 14.8 Å². The zero-order valence-corrected chi connectivity index (χ0v) is 9.40. The number of aryl methyl sites for hydroxylation is 1. The van der Waals surface area contributed by atoms with E-state index in [0.29, 0.717) is 11.7 Å². The number of oxazole rings is 1. The average molecular weight is 226 g/mol. The molecule has 88 valence electrons. The Morgan fingerprint density at radius 3 is 2.62 bits per heavy atom. The van der Waals surface area contributed by atoms with Crippen LogP contribution in [0.5, 0.6) is 0 Å². The molecule has 0 bridgehead atoms. The molecule has 1 rings (SSSR count). The SMILES string of the molecule is Cc1cnc(CNC(=O)C(C)(C)C(=O)O)o1. The van der Waals surface area contributed by atoms with Crippen molar-refractivity contribution in [1.82, 2.24) is 10.3 Å². The van der Waals surface area contributed by atoms with E-state index in [4.69, 9.17) is 9.52 Å². The Labute approximate surface area is 92.7 Å². The molecule has 0 saturated carbocycles.